The molecule has 0 aliphatic carbocycles. The molecule has 0 aliphatic rings. The number of ether oxygens (including phenoxy) is 3. The number of benzene rings is 2. The number of aryl methyl sites for hydroxylation is 1. The summed E-state index contributed by atoms with van der Waals surface area (Å²) in [5.74, 6) is 2.22. The summed E-state index contributed by atoms with van der Waals surface area (Å²) in [6.07, 6.45) is 0. The lowest BCUT2D eigenvalue weighted by Gasteiger charge is -2.15. The number of anilines is 2. The molecule has 1 aromatic heterocycles. The first-order valence-electron chi connectivity index (χ1n) is 7.67. The van der Waals surface area contributed by atoms with Gasteiger partial charge in [-0.25, -0.2) is 4.98 Å². The van der Waals surface area contributed by atoms with E-state index in [0.29, 0.717) is 39.3 Å². The van der Waals surface area contributed by atoms with Gasteiger partial charge >= 0.3 is 0 Å². The fourth-order valence-electron chi connectivity index (χ4n) is 2.58. The predicted octanol–water partition coefficient (Wildman–Crippen LogP) is 5.01. The van der Waals surface area contributed by atoms with Crippen LogP contribution in [0, 0.1) is 6.92 Å². The van der Waals surface area contributed by atoms with E-state index in [1.807, 2.05) is 13.0 Å². The van der Waals surface area contributed by atoms with E-state index in [4.69, 9.17) is 37.4 Å². The zero-order valence-corrected chi connectivity index (χ0v) is 16.2. The molecule has 6 nitrogen and oxygen atoms in total. The largest absolute Gasteiger partial charge is 0.495 e. The molecule has 0 radical (unpaired) electrons. The van der Waals surface area contributed by atoms with Crippen molar-refractivity contribution >= 4 is 45.6 Å². The van der Waals surface area contributed by atoms with Crippen molar-refractivity contribution in [2.45, 2.75) is 6.92 Å². The third-order valence-electron chi connectivity index (χ3n) is 3.91. The fraction of sp³-hybridized carbons (Fsp3) is 0.222. The molecule has 0 aliphatic heterocycles. The highest BCUT2D eigenvalue weighted by Gasteiger charge is 2.15. The molecular formula is C18H17Cl2N3O3. The van der Waals surface area contributed by atoms with Gasteiger partial charge in [0.05, 0.1) is 32.5 Å². The van der Waals surface area contributed by atoms with Crippen LogP contribution in [0.2, 0.25) is 10.3 Å². The number of methoxy groups -OCH3 is 3. The SMILES string of the molecule is COc1cc(Cl)c(C)cc1Nc1nc(Cl)nc2cc(OC)c(OC)cc12. The fourth-order valence-corrected chi connectivity index (χ4v) is 2.91. The molecule has 26 heavy (non-hydrogen) atoms. The summed E-state index contributed by atoms with van der Waals surface area (Å²) in [5, 5.41) is 4.70. The summed E-state index contributed by atoms with van der Waals surface area (Å²) in [4.78, 5) is 8.58. The second-order valence-corrected chi connectivity index (χ2v) is 6.24. The zero-order chi connectivity index (χ0) is 18.8. The highest BCUT2D eigenvalue weighted by molar-refractivity contribution is 6.31. The molecule has 0 atom stereocenters. The molecule has 0 unspecified atom stereocenters. The Balaban J connectivity index is 2.17. The van der Waals surface area contributed by atoms with E-state index in [2.05, 4.69) is 15.3 Å². The van der Waals surface area contributed by atoms with Crippen molar-refractivity contribution in [1.82, 2.24) is 9.97 Å². The highest BCUT2D eigenvalue weighted by Crippen LogP contribution is 2.38. The molecule has 2 aromatic carbocycles. The normalized spacial score (nSPS) is 10.7. The molecule has 3 rings (SSSR count). The maximum Gasteiger partial charge on any atom is 0.224 e. The number of nitrogens with one attached hydrogen (secondary N) is 1. The van der Waals surface area contributed by atoms with Crippen LogP contribution in [-0.2, 0) is 0 Å². The number of aromatic nitrogens is 2. The van der Waals surface area contributed by atoms with Crippen LogP contribution in [0.4, 0.5) is 11.5 Å². The minimum atomic E-state index is 0.108. The Morgan fingerprint density at radius 1 is 0.846 bits per heavy atom. The van der Waals surface area contributed by atoms with Gasteiger partial charge in [-0.1, -0.05) is 11.6 Å². The number of rotatable bonds is 5. The van der Waals surface area contributed by atoms with Crippen molar-refractivity contribution < 1.29 is 14.2 Å². The Morgan fingerprint density at radius 2 is 1.50 bits per heavy atom. The number of hydrogen-bond donors (Lipinski definition) is 1. The van der Waals surface area contributed by atoms with Crippen LogP contribution >= 0.6 is 23.2 Å². The third kappa shape index (κ3) is 3.43. The topological polar surface area (TPSA) is 65.5 Å². The Morgan fingerprint density at radius 3 is 2.15 bits per heavy atom. The molecule has 3 aromatic rings. The average molecular weight is 394 g/mol. The Hall–Kier alpha value is -2.44. The Labute approximate surface area is 161 Å². The quantitative estimate of drug-likeness (QED) is 0.614. The summed E-state index contributed by atoms with van der Waals surface area (Å²) >= 11 is 12.3. The van der Waals surface area contributed by atoms with Gasteiger partial charge in [-0.2, -0.15) is 4.98 Å². The maximum absolute atomic E-state index is 6.18. The zero-order valence-electron chi connectivity index (χ0n) is 14.7. The van der Waals surface area contributed by atoms with Crippen molar-refractivity contribution in [1.29, 1.82) is 0 Å². The number of hydrogen-bond acceptors (Lipinski definition) is 6. The van der Waals surface area contributed by atoms with Gasteiger partial charge in [-0.05, 0) is 36.2 Å². The average Bonchev–Trinajstić information content (AvgIpc) is 2.63. The number of halogens is 2. The van der Waals surface area contributed by atoms with E-state index >= 15 is 0 Å². The summed E-state index contributed by atoms with van der Waals surface area (Å²) in [6, 6.07) is 7.16. The van der Waals surface area contributed by atoms with Crippen LogP contribution in [0.15, 0.2) is 24.3 Å². The van der Waals surface area contributed by atoms with E-state index < -0.39 is 0 Å². The number of nitrogens with zero attached hydrogens (tertiary/aromatic N) is 2. The van der Waals surface area contributed by atoms with E-state index in [0.717, 1.165) is 10.9 Å². The molecule has 1 heterocycles. The Kier molecular flexibility index (Phi) is 5.25. The minimum Gasteiger partial charge on any atom is -0.495 e. The van der Waals surface area contributed by atoms with Gasteiger partial charge in [0.25, 0.3) is 0 Å². The molecule has 8 heteroatoms. The molecule has 0 bridgehead atoms. The van der Waals surface area contributed by atoms with E-state index in [1.165, 1.54) is 0 Å². The van der Waals surface area contributed by atoms with E-state index in [-0.39, 0.29) is 5.28 Å². The van der Waals surface area contributed by atoms with Crippen LogP contribution in [0.25, 0.3) is 10.9 Å². The molecule has 0 saturated heterocycles. The van der Waals surface area contributed by atoms with Gasteiger partial charge in [0.2, 0.25) is 5.28 Å². The first-order chi connectivity index (χ1) is 12.5. The van der Waals surface area contributed by atoms with Crippen LogP contribution in [0.5, 0.6) is 17.2 Å². The standard InChI is InChI=1S/C18H17Cl2N3O3/c1-9-5-13(14(24-2)7-11(9)19)21-17-10-6-15(25-3)16(26-4)8-12(10)22-18(20)23-17/h5-8H,1-4H3,(H,21,22,23). The summed E-state index contributed by atoms with van der Waals surface area (Å²) in [5.41, 5.74) is 2.23. The van der Waals surface area contributed by atoms with E-state index in [1.54, 1.807) is 39.5 Å². The van der Waals surface area contributed by atoms with Gasteiger partial charge in [0.15, 0.2) is 11.5 Å². The van der Waals surface area contributed by atoms with Gasteiger partial charge < -0.3 is 19.5 Å². The van der Waals surface area contributed by atoms with E-state index in [9.17, 15) is 0 Å². The van der Waals surface area contributed by atoms with Gasteiger partial charge in [-0.3, -0.25) is 0 Å². The van der Waals surface area contributed by atoms with Crippen molar-refractivity contribution in [3.8, 4) is 17.2 Å². The monoisotopic (exact) mass is 393 g/mol. The summed E-state index contributed by atoms with van der Waals surface area (Å²) in [7, 11) is 4.71. The lowest BCUT2D eigenvalue weighted by Crippen LogP contribution is -2.01. The molecule has 1 N–H and O–H groups in total. The lowest BCUT2D eigenvalue weighted by atomic mass is 10.1. The van der Waals surface area contributed by atoms with Crippen LogP contribution < -0.4 is 19.5 Å². The Bertz CT molecular complexity index is 980. The molecule has 0 saturated carbocycles. The van der Waals surface area contributed by atoms with Crippen molar-refractivity contribution in [2.75, 3.05) is 26.6 Å². The van der Waals surface area contributed by atoms with Crippen molar-refractivity contribution in [3.05, 3.63) is 40.1 Å². The van der Waals surface area contributed by atoms with Crippen LogP contribution in [-0.4, -0.2) is 31.3 Å². The highest BCUT2D eigenvalue weighted by atomic mass is 35.5. The van der Waals surface area contributed by atoms with Gasteiger partial charge in [0, 0.05) is 22.5 Å². The van der Waals surface area contributed by atoms with Gasteiger partial charge in [0.1, 0.15) is 11.6 Å². The van der Waals surface area contributed by atoms with Crippen molar-refractivity contribution in [3.63, 3.8) is 0 Å². The summed E-state index contributed by atoms with van der Waals surface area (Å²) in [6.45, 7) is 1.91. The smallest absolute Gasteiger partial charge is 0.224 e. The van der Waals surface area contributed by atoms with Crippen LogP contribution in [0.3, 0.4) is 0 Å². The maximum atomic E-state index is 6.18. The van der Waals surface area contributed by atoms with Crippen LogP contribution in [0.1, 0.15) is 5.56 Å². The minimum absolute atomic E-state index is 0.108. The second kappa shape index (κ2) is 7.43. The number of fused-ring (bicyclic) bond motifs is 1. The molecule has 0 spiro atoms. The predicted molar refractivity (Wildman–Crippen MR) is 104 cm³/mol. The third-order valence-corrected chi connectivity index (χ3v) is 4.48. The lowest BCUT2D eigenvalue weighted by molar-refractivity contribution is 0.356. The second-order valence-electron chi connectivity index (χ2n) is 5.49. The molecule has 0 amide bonds. The van der Waals surface area contributed by atoms with Crippen molar-refractivity contribution in [2.24, 2.45) is 0 Å². The molecule has 136 valence electrons. The van der Waals surface area contributed by atoms with Gasteiger partial charge in [-0.15, -0.1) is 0 Å². The first-order valence-corrected chi connectivity index (χ1v) is 8.42. The summed E-state index contributed by atoms with van der Waals surface area (Å²) < 4.78 is 16.1. The first kappa shape index (κ1) is 18.4. The molecular weight excluding hydrogens is 377 g/mol. The molecule has 0 fully saturated rings.